The van der Waals surface area contributed by atoms with Crippen LogP contribution in [0, 0.1) is 0 Å². The lowest BCUT2D eigenvalue weighted by Gasteiger charge is -2.18. The maximum absolute atomic E-state index is 10.9. The van der Waals surface area contributed by atoms with Crippen LogP contribution < -0.4 is 14.2 Å². The van der Waals surface area contributed by atoms with Gasteiger partial charge in [-0.1, -0.05) is 46.3 Å². The number of benzene rings is 2. The fourth-order valence-electron chi connectivity index (χ4n) is 1.87. The van der Waals surface area contributed by atoms with Crippen molar-refractivity contribution in [3.8, 4) is 17.2 Å². The average Bonchev–Trinajstić information content (AvgIpc) is 2.55. The predicted octanol–water partition coefficient (Wildman–Crippen LogP) is 4.00. The summed E-state index contributed by atoms with van der Waals surface area (Å²) in [5.74, 6) is 1.44. The van der Waals surface area contributed by atoms with Crippen molar-refractivity contribution in [2.45, 2.75) is 19.6 Å². The number of carbonyl (C=O) groups excluding carboxylic acids is 1. The van der Waals surface area contributed by atoms with Crippen molar-refractivity contribution in [1.29, 1.82) is 0 Å². The van der Waals surface area contributed by atoms with E-state index in [0.29, 0.717) is 23.9 Å². The van der Waals surface area contributed by atoms with E-state index < -0.39 is 6.10 Å². The molecule has 0 amide bonds. The van der Waals surface area contributed by atoms with Gasteiger partial charge in [-0.2, -0.15) is 0 Å². The Bertz CT molecular complexity index is 628. The van der Waals surface area contributed by atoms with Gasteiger partial charge in [-0.3, -0.25) is 4.79 Å². The van der Waals surface area contributed by atoms with E-state index in [2.05, 4.69) is 15.9 Å². The lowest BCUT2D eigenvalue weighted by molar-refractivity contribution is -0.113. The van der Waals surface area contributed by atoms with Gasteiger partial charge in [0.25, 0.3) is 0 Å². The second-order valence-electron chi connectivity index (χ2n) is 4.67. The third-order valence-electron chi connectivity index (χ3n) is 2.94. The maximum Gasteiger partial charge on any atom is 0.204 e. The van der Waals surface area contributed by atoms with E-state index in [0.717, 1.165) is 16.3 Å². The fourth-order valence-corrected chi connectivity index (χ4v) is 2.28. The number of rotatable bonds is 7. The van der Waals surface area contributed by atoms with Crippen LogP contribution in [0.5, 0.6) is 17.2 Å². The Balaban J connectivity index is 2.27. The minimum Gasteiger partial charge on any atom is -0.493 e. The average molecular weight is 365 g/mol. The summed E-state index contributed by atoms with van der Waals surface area (Å²) in [5.41, 5.74) is 1.04. The first-order chi connectivity index (χ1) is 10.6. The van der Waals surface area contributed by atoms with Gasteiger partial charge in [-0.15, -0.1) is 0 Å². The predicted molar refractivity (Wildman–Crippen MR) is 87.6 cm³/mol. The van der Waals surface area contributed by atoms with Gasteiger partial charge >= 0.3 is 0 Å². The molecule has 2 aromatic carbocycles. The molecule has 1 atom stereocenters. The Hall–Kier alpha value is -2.01. The molecule has 0 heterocycles. The second-order valence-corrected chi connectivity index (χ2v) is 5.58. The Morgan fingerprint density at radius 1 is 1.18 bits per heavy atom. The third kappa shape index (κ3) is 4.24. The van der Waals surface area contributed by atoms with Gasteiger partial charge in [0.1, 0.15) is 6.61 Å². The minimum absolute atomic E-state index is 0.395. The van der Waals surface area contributed by atoms with Crippen molar-refractivity contribution in [2.75, 3.05) is 7.11 Å². The molecule has 116 valence electrons. The summed E-state index contributed by atoms with van der Waals surface area (Å²) in [5, 5.41) is 0. The van der Waals surface area contributed by atoms with Gasteiger partial charge in [0.15, 0.2) is 23.9 Å². The van der Waals surface area contributed by atoms with Crippen LogP contribution >= 0.6 is 15.9 Å². The number of methoxy groups -OCH3 is 1. The number of ether oxygens (including phenoxy) is 3. The molecule has 0 N–H and O–H groups in total. The summed E-state index contributed by atoms with van der Waals surface area (Å²) in [6.07, 6.45) is 0.136. The van der Waals surface area contributed by atoms with E-state index >= 15 is 0 Å². The Kier molecular flexibility index (Phi) is 5.83. The quantitative estimate of drug-likeness (QED) is 0.696. The van der Waals surface area contributed by atoms with E-state index in [4.69, 9.17) is 14.2 Å². The van der Waals surface area contributed by atoms with Crippen molar-refractivity contribution < 1.29 is 19.0 Å². The van der Waals surface area contributed by atoms with Crippen LogP contribution in [0.4, 0.5) is 0 Å². The fraction of sp³-hybridized carbons (Fsp3) is 0.235. The van der Waals surface area contributed by atoms with Crippen molar-refractivity contribution in [2.24, 2.45) is 0 Å². The van der Waals surface area contributed by atoms with Gasteiger partial charge < -0.3 is 14.2 Å². The van der Waals surface area contributed by atoms with Crippen molar-refractivity contribution in [3.05, 3.63) is 52.5 Å². The molecular formula is C17H17BrO4. The Morgan fingerprint density at radius 2 is 1.86 bits per heavy atom. The molecule has 0 aromatic heterocycles. The summed E-state index contributed by atoms with van der Waals surface area (Å²) >= 11 is 3.41. The summed E-state index contributed by atoms with van der Waals surface area (Å²) in [4.78, 5) is 10.9. The number of hydrogen-bond donors (Lipinski definition) is 0. The standard InChI is InChI=1S/C17H17BrO4/c1-12(10-19)22-17-15(20-2)8-14(18)9-16(17)21-11-13-6-4-3-5-7-13/h3-10,12H,11H2,1-2H3/t12-/m1/s1. The van der Waals surface area contributed by atoms with Crippen molar-refractivity contribution >= 4 is 22.2 Å². The minimum atomic E-state index is -0.589. The molecule has 0 aliphatic carbocycles. The lowest BCUT2D eigenvalue weighted by Crippen LogP contribution is -2.14. The van der Waals surface area contributed by atoms with Crippen LogP contribution in [0.15, 0.2) is 46.9 Å². The lowest BCUT2D eigenvalue weighted by atomic mass is 10.2. The summed E-state index contributed by atoms with van der Waals surface area (Å²) in [6.45, 7) is 2.06. The first kappa shape index (κ1) is 16.4. The number of hydrogen-bond acceptors (Lipinski definition) is 4. The topological polar surface area (TPSA) is 44.8 Å². The molecule has 22 heavy (non-hydrogen) atoms. The second kappa shape index (κ2) is 7.84. The van der Waals surface area contributed by atoms with E-state index in [-0.39, 0.29) is 0 Å². The number of aldehydes is 1. The van der Waals surface area contributed by atoms with Gasteiger partial charge in [0, 0.05) is 4.47 Å². The highest BCUT2D eigenvalue weighted by Crippen LogP contribution is 2.41. The van der Waals surface area contributed by atoms with Crippen LogP contribution in [0.25, 0.3) is 0 Å². The largest absolute Gasteiger partial charge is 0.493 e. The van der Waals surface area contributed by atoms with Crippen LogP contribution in [-0.4, -0.2) is 19.5 Å². The molecule has 2 rings (SSSR count). The van der Waals surface area contributed by atoms with E-state index in [1.807, 2.05) is 30.3 Å². The first-order valence-electron chi connectivity index (χ1n) is 6.80. The molecule has 0 unspecified atom stereocenters. The Labute approximate surface area is 138 Å². The molecule has 0 radical (unpaired) electrons. The maximum atomic E-state index is 10.9. The smallest absolute Gasteiger partial charge is 0.204 e. The van der Waals surface area contributed by atoms with Crippen LogP contribution in [0.1, 0.15) is 12.5 Å². The van der Waals surface area contributed by atoms with Gasteiger partial charge in [0.05, 0.1) is 7.11 Å². The Morgan fingerprint density at radius 3 is 2.50 bits per heavy atom. The molecular weight excluding hydrogens is 348 g/mol. The van der Waals surface area contributed by atoms with E-state index in [1.54, 1.807) is 26.2 Å². The van der Waals surface area contributed by atoms with Crippen LogP contribution in [-0.2, 0) is 11.4 Å². The van der Waals surface area contributed by atoms with E-state index in [1.165, 1.54) is 0 Å². The molecule has 0 aliphatic rings. The molecule has 0 spiro atoms. The van der Waals surface area contributed by atoms with Crippen LogP contribution in [0.2, 0.25) is 0 Å². The van der Waals surface area contributed by atoms with Gasteiger partial charge in [-0.25, -0.2) is 0 Å². The van der Waals surface area contributed by atoms with Crippen LogP contribution in [0.3, 0.4) is 0 Å². The third-order valence-corrected chi connectivity index (χ3v) is 3.40. The molecule has 4 nitrogen and oxygen atoms in total. The SMILES string of the molecule is COc1cc(Br)cc(OCc2ccccc2)c1O[C@H](C)C=O. The zero-order chi connectivity index (χ0) is 15.9. The van der Waals surface area contributed by atoms with E-state index in [9.17, 15) is 4.79 Å². The molecule has 0 aliphatic heterocycles. The highest BCUT2D eigenvalue weighted by molar-refractivity contribution is 9.10. The first-order valence-corrected chi connectivity index (χ1v) is 7.59. The summed E-state index contributed by atoms with van der Waals surface area (Å²) < 4.78 is 17.6. The molecule has 5 heteroatoms. The molecule has 0 saturated carbocycles. The monoisotopic (exact) mass is 364 g/mol. The number of carbonyl (C=O) groups is 1. The van der Waals surface area contributed by atoms with Gasteiger partial charge in [-0.05, 0) is 24.6 Å². The molecule has 0 saturated heterocycles. The zero-order valence-electron chi connectivity index (χ0n) is 12.4. The van der Waals surface area contributed by atoms with Gasteiger partial charge in [0.2, 0.25) is 5.75 Å². The van der Waals surface area contributed by atoms with Crippen molar-refractivity contribution in [1.82, 2.24) is 0 Å². The summed E-state index contributed by atoms with van der Waals surface area (Å²) in [7, 11) is 1.54. The molecule has 2 aromatic rings. The van der Waals surface area contributed by atoms with Crippen molar-refractivity contribution in [3.63, 3.8) is 0 Å². The highest BCUT2D eigenvalue weighted by Gasteiger charge is 2.17. The highest BCUT2D eigenvalue weighted by atomic mass is 79.9. The molecule has 0 fully saturated rings. The summed E-state index contributed by atoms with van der Waals surface area (Å²) in [6, 6.07) is 13.4. The molecule has 0 bridgehead atoms. The zero-order valence-corrected chi connectivity index (χ0v) is 14.0. The normalized spacial score (nSPS) is 11.6. The number of halogens is 1.